The summed E-state index contributed by atoms with van der Waals surface area (Å²) < 4.78 is 0. The zero-order valence-corrected chi connectivity index (χ0v) is 11.3. The van der Waals surface area contributed by atoms with Crippen LogP contribution in [0.1, 0.15) is 12.2 Å². The zero-order valence-electron chi connectivity index (χ0n) is 11.3. The van der Waals surface area contributed by atoms with Gasteiger partial charge in [0.1, 0.15) is 5.82 Å². The predicted octanol–water partition coefficient (Wildman–Crippen LogP) is 1.44. The van der Waals surface area contributed by atoms with Gasteiger partial charge in [-0.2, -0.15) is 5.10 Å². The Labute approximate surface area is 120 Å². The summed E-state index contributed by atoms with van der Waals surface area (Å²) in [6.45, 7) is 1.79. The van der Waals surface area contributed by atoms with Crippen LogP contribution in [0.5, 0.6) is 0 Å². The monoisotopic (exact) mass is 286 g/mol. The first-order valence-electron chi connectivity index (χ1n) is 6.58. The number of aryl methyl sites for hydroxylation is 1. The van der Waals surface area contributed by atoms with Crippen molar-refractivity contribution in [2.24, 2.45) is 11.8 Å². The Kier molecular flexibility index (Phi) is 3.17. The number of carboxylic acids is 1. The lowest BCUT2D eigenvalue weighted by atomic mass is 10.1. The fraction of sp³-hybridized carbons (Fsp3) is 0.286. The average molecular weight is 286 g/mol. The maximum atomic E-state index is 12.1. The number of carboxylic acid groups (broad SMARTS) is 1. The number of hydrogen-bond donors (Lipinski definition) is 3. The third kappa shape index (κ3) is 2.62. The molecule has 1 aromatic heterocycles. The largest absolute Gasteiger partial charge is 0.481 e. The lowest BCUT2D eigenvalue weighted by Gasteiger charge is -2.08. The molecule has 1 aromatic carbocycles. The van der Waals surface area contributed by atoms with E-state index in [9.17, 15) is 9.59 Å². The molecule has 0 bridgehead atoms. The summed E-state index contributed by atoms with van der Waals surface area (Å²) in [6.07, 6.45) is 0.392. The summed E-state index contributed by atoms with van der Waals surface area (Å²) in [5.41, 5.74) is 1.28. The maximum Gasteiger partial charge on any atom is 0.307 e. The number of para-hydroxylation sites is 1. The van der Waals surface area contributed by atoms with Gasteiger partial charge in [-0.1, -0.05) is 12.1 Å². The summed E-state index contributed by atoms with van der Waals surface area (Å²) in [7, 11) is 0. The Morgan fingerprint density at radius 3 is 2.71 bits per heavy atom. The highest BCUT2D eigenvalue weighted by molar-refractivity contribution is 6.00. The van der Waals surface area contributed by atoms with Crippen LogP contribution in [0.2, 0.25) is 0 Å². The van der Waals surface area contributed by atoms with E-state index in [1.807, 2.05) is 6.07 Å². The number of carbonyl (C=O) groups is 2. The van der Waals surface area contributed by atoms with Crippen LogP contribution in [0.4, 0.5) is 5.69 Å². The van der Waals surface area contributed by atoms with Gasteiger partial charge in [0.25, 0.3) is 0 Å². The topological polar surface area (TPSA) is 108 Å². The van der Waals surface area contributed by atoms with Crippen molar-refractivity contribution >= 4 is 17.6 Å². The van der Waals surface area contributed by atoms with Crippen molar-refractivity contribution in [3.05, 3.63) is 30.1 Å². The van der Waals surface area contributed by atoms with E-state index < -0.39 is 17.8 Å². The van der Waals surface area contributed by atoms with Crippen LogP contribution >= 0.6 is 0 Å². The number of anilines is 1. The van der Waals surface area contributed by atoms with E-state index in [0.717, 1.165) is 0 Å². The van der Waals surface area contributed by atoms with Gasteiger partial charge in [-0.3, -0.25) is 14.7 Å². The molecule has 108 valence electrons. The molecule has 2 aromatic rings. The average Bonchev–Trinajstić information content (AvgIpc) is 3.16. The quantitative estimate of drug-likeness (QED) is 0.788. The van der Waals surface area contributed by atoms with Crippen LogP contribution in [-0.4, -0.2) is 32.2 Å². The number of nitrogens with one attached hydrogen (secondary N) is 2. The predicted molar refractivity (Wildman–Crippen MR) is 74.4 cm³/mol. The first-order chi connectivity index (χ1) is 10.1. The molecule has 1 saturated carbocycles. The van der Waals surface area contributed by atoms with Crippen molar-refractivity contribution in [2.45, 2.75) is 13.3 Å². The van der Waals surface area contributed by atoms with Crippen molar-refractivity contribution in [3.8, 4) is 11.4 Å². The van der Waals surface area contributed by atoms with E-state index >= 15 is 0 Å². The van der Waals surface area contributed by atoms with E-state index in [1.165, 1.54) is 0 Å². The van der Waals surface area contributed by atoms with Crippen molar-refractivity contribution in [3.63, 3.8) is 0 Å². The van der Waals surface area contributed by atoms with Crippen LogP contribution in [0.25, 0.3) is 11.4 Å². The molecule has 1 fully saturated rings. The van der Waals surface area contributed by atoms with Gasteiger partial charge in [-0.05, 0) is 25.5 Å². The molecular formula is C14H14N4O3. The minimum Gasteiger partial charge on any atom is -0.481 e. The van der Waals surface area contributed by atoms with Crippen molar-refractivity contribution in [1.82, 2.24) is 15.2 Å². The highest BCUT2D eigenvalue weighted by Crippen LogP contribution is 2.40. The molecule has 1 amide bonds. The maximum absolute atomic E-state index is 12.1. The fourth-order valence-corrected chi connectivity index (χ4v) is 2.23. The third-order valence-corrected chi connectivity index (χ3v) is 3.47. The molecule has 21 heavy (non-hydrogen) atoms. The lowest BCUT2D eigenvalue weighted by molar-refractivity contribution is -0.139. The van der Waals surface area contributed by atoms with Crippen LogP contribution in [-0.2, 0) is 9.59 Å². The second kappa shape index (κ2) is 5.01. The molecule has 1 aliphatic carbocycles. The summed E-state index contributed by atoms with van der Waals surface area (Å²) in [4.78, 5) is 27.1. The van der Waals surface area contributed by atoms with Crippen LogP contribution in [0.15, 0.2) is 24.3 Å². The van der Waals surface area contributed by atoms with Crippen molar-refractivity contribution in [1.29, 1.82) is 0 Å². The van der Waals surface area contributed by atoms with Gasteiger partial charge in [0.05, 0.1) is 17.5 Å². The number of aromatic nitrogens is 3. The first-order valence-corrected chi connectivity index (χ1v) is 6.58. The molecule has 7 nitrogen and oxygen atoms in total. The van der Waals surface area contributed by atoms with Gasteiger partial charge in [-0.15, -0.1) is 0 Å². The van der Waals surface area contributed by atoms with Gasteiger partial charge in [0.15, 0.2) is 5.82 Å². The Balaban J connectivity index is 1.80. The Morgan fingerprint density at radius 1 is 1.33 bits per heavy atom. The van der Waals surface area contributed by atoms with Gasteiger partial charge in [0.2, 0.25) is 5.91 Å². The number of benzene rings is 1. The zero-order chi connectivity index (χ0) is 15.0. The van der Waals surface area contributed by atoms with Gasteiger partial charge < -0.3 is 10.4 Å². The van der Waals surface area contributed by atoms with E-state index in [1.54, 1.807) is 25.1 Å². The normalized spacial score (nSPS) is 20.0. The molecule has 3 rings (SSSR count). The Bertz CT molecular complexity index is 710. The number of nitrogens with zero attached hydrogens (tertiary/aromatic N) is 2. The number of carbonyl (C=O) groups excluding carboxylic acids is 1. The Hall–Kier alpha value is -2.70. The number of aliphatic carboxylic acids is 1. The van der Waals surface area contributed by atoms with Crippen molar-refractivity contribution < 1.29 is 14.7 Å². The highest BCUT2D eigenvalue weighted by Gasteiger charge is 2.48. The lowest BCUT2D eigenvalue weighted by Crippen LogP contribution is -2.17. The molecule has 7 heteroatoms. The van der Waals surface area contributed by atoms with Crippen LogP contribution < -0.4 is 5.32 Å². The molecule has 1 heterocycles. The number of H-pyrrole nitrogens is 1. The molecule has 0 radical (unpaired) electrons. The molecule has 1 aliphatic rings. The number of amides is 1. The van der Waals surface area contributed by atoms with E-state index in [-0.39, 0.29) is 5.91 Å². The van der Waals surface area contributed by atoms with Crippen molar-refractivity contribution in [2.75, 3.05) is 5.32 Å². The van der Waals surface area contributed by atoms with Crippen LogP contribution in [0.3, 0.4) is 0 Å². The number of hydrogen-bond acceptors (Lipinski definition) is 4. The van der Waals surface area contributed by atoms with E-state index in [0.29, 0.717) is 29.3 Å². The van der Waals surface area contributed by atoms with Gasteiger partial charge in [-0.25, -0.2) is 4.98 Å². The second-order valence-electron chi connectivity index (χ2n) is 5.07. The van der Waals surface area contributed by atoms with E-state index in [4.69, 9.17) is 5.11 Å². The highest BCUT2D eigenvalue weighted by atomic mass is 16.4. The fourth-order valence-electron chi connectivity index (χ4n) is 2.23. The summed E-state index contributed by atoms with van der Waals surface area (Å²) in [5, 5.41) is 18.5. The minimum atomic E-state index is -0.923. The summed E-state index contributed by atoms with van der Waals surface area (Å²) in [5.74, 6) is -1.05. The molecule has 0 spiro atoms. The molecule has 2 atom stereocenters. The molecule has 3 N–H and O–H groups in total. The second-order valence-corrected chi connectivity index (χ2v) is 5.07. The Morgan fingerprint density at radius 2 is 2.10 bits per heavy atom. The molecule has 0 aliphatic heterocycles. The minimum absolute atomic E-state index is 0.276. The van der Waals surface area contributed by atoms with Gasteiger partial charge >= 0.3 is 5.97 Å². The third-order valence-electron chi connectivity index (χ3n) is 3.47. The molecular weight excluding hydrogens is 272 g/mol. The first kappa shape index (κ1) is 13.3. The summed E-state index contributed by atoms with van der Waals surface area (Å²) >= 11 is 0. The smallest absolute Gasteiger partial charge is 0.307 e. The SMILES string of the molecule is Cc1nc(-c2ccccc2NC(=O)[C@@H]2C[C@@H]2C(=O)O)n[nH]1. The van der Waals surface area contributed by atoms with E-state index in [2.05, 4.69) is 20.5 Å². The standard InChI is InChI=1S/C14H14N4O3/c1-7-15-12(18-17-7)8-4-2-3-5-11(8)16-13(19)9-6-10(9)14(20)21/h2-5,9-10H,6H2,1H3,(H,16,19)(H,20,21)(H,15,17,18)/t9-,10+/m1/s1. The molecule has 0 saturated heterocycles. The molecule has 0 unspecified atom stereocenters. The number of rotatable bonds is 4. The van der Waals surface area contributed by atoms with Crippen LogP contribution in [0, 0.1) is 18.8 Å². The summed E-state index contributed by atoms with van der Waals surface area (Å²) in [6, 6.07) is 7.17. The van der Waals surface area contributed by atoms with Gasteiger partial charge in [0, 0.05) is 5.56 Å². The number of aromatic amines is 1.